The van der Waals surface area contributed by atoms with Gasteiger partial charge in [0.25, 0.3) is 5.91 Å². The van der Waals surface area contributed by atoms with Gasteiger partial charge in [0.1, 0.15) is 5.15 Å². The zero-order valence-corrected chi connectivity index (χ0v) is 18.5. The van der Waals surface area contributed by atoms with Gasteiger partial charge in [-0.25, -0.2) is 4.98 Å². The first-order valence-corrected chi connectivity index (χ1v) is 11.6. The van der Waals surface area contributed by atoms with Crippen LogP contribution in [0.25, 0.3) is 10.8 Å². The predicted octanol–water partition coefficient (Wildman–Crippen LogP) is 5.17. The summed E-state index contributed by atoms with van der Waals surface area (Å²) in [6.07, 6.45) is 6.63. The van der Waals surface area contributed by atoms with Gasteiger partial charge < -0.3 is 10.0 Å². The van der Waals surface area contributed by atoms with Gasteiger partial charge in [-0.3, -0.25) is 4.79 Å². The monoisotopic (exact) mass is 434 g/mol. The number of aliphatic hydroxyl groups is 1. The molecule has 5 heteroatoms. The molecule has 3 aromatic rings. The number of carbonyl (C=O) groups is 1. The molecule has 1 fully saturated rings. The van der Waals surface area contributed by atoms with Gasteiger partial charge in [-0.15, -0.1) is 0 Å². The molecule has 4 nitrogen and oxygen atoms in total. The lowest BCUT2D eigenvalue weighted by Gasteiger charge is -2.44. The normalized spacial score (nSPS) is 23.8. The molecular formula is C26H27ClN2O2. The van der Waals surface area contributed by atoms with Crippen LogP contribution in [0.15, 0.2) is 48.7 Å². The van der Waals surface area contributed by atoms with Crippen molar-refractivity contribution in [1.29, 1.82) is 0 Å². The molecule has 1 amide bonds. The molecule has 2 aliphatic rings. The molecule has 2 heterocycles. The molecule has 0 radical (unpaired) electrons. The standard InChI is InChI=1S/C26H27ClN2O2/c1-16-12-21-20-7-3-2-6-19(20)18(13-17-10-11-25(27)28-15-17)14-22(21)26(31)29(16)23-8-4-5-9-24(23)30/h2-3,6-7,10-11,14-16,23-24,30H,4-5,8-9,12-13H2,1H3/t16?,23-,24-/m0/s1. The third-order valence-electron chi connectivity index (χ3n) is 6.92. The fraction of sp³-hybridized carbons (Fsp3) is 0.385. The number of carbonyl (C=O) groups excluding carboxylic acids is 1. The Morgan fingerprint density at radius 1 is 1.13 bits per heavy atom. The van der Waals surface area contributed by atoms with E-state index in [1.165, 1.54) is 5.39 Å². The van der Waals surface area contributed by atoms with E-state index in [-0.39, 0.29) is 18.0 Å². The van der Waals surface area contributed by atoms with Crippen LogP contribution in [0.2, 0.25) is 5.15 Å². The molecule has 3 atom stereocenters. The second-order valence-corrected chi connectivity index (χ2v) is 9.35. The topological polar surface area (TPSA) is 53.4 Å². The lowest BCUT2D eigenvalue weighted by atomic mass is 9.83. The Balaban J connectivity index is 1.60. The number of hydrogen-bond acceptors (Lipinski definition) is 3. The average Bonchev–Trinajstić information content (AvgIpc) is 2.77. The number of nitrogens with zero attached hydrogens (tertiary/aromatic N) is 2. The highest BCUT2D eigenvalue weighted by molar-refractivity contribution is 6.29. The van der Waals surface area contributed by atoms with E-state index >= 15 is 0 Å². The number of halogens is 1. The van der Waals surface area contributed by atoms with E-state index in [1.54, 1.807) is 12.3 Å². The minimum Gasteiger partial charge on any atom is -0.391 e. The van der Waals surface area contributed by atoms with Crippen LogP contribution in [0.4, 0.5) is 0 Å². The minimum absolute atomic E-state index is 0.0564. The fourth-order valence-electron chi connectivity index (χ4n) is 5.43. The molecule has 2 aromatic carbocycles. The van der Waals surface area contributed by atoms with Gasteiger partial charge in [0.15, 0.2) is 0 Å². The number of hydrogen-bond donors (Lipinski definition) is 1. The number of pyridine rings is 1. The lowest BCUT2D eigenvalue weighted by Crippen LogP contribution is -2.55. The molecule has 1 unspecified atom stereocenters. The average molecular weight is 435 g/mol. The maximum absolute atomic E-state index is 13.7. The van der Waals surface area contributed by atoms with Gasteiger partial charge in [0.05, 0.1) is 12.1 Å². The lowest BCUT2D eigenvalue weighted by molar-refractivity contribution is 0.00262. The summed E-state index contributed by atoms with van der Waals surface area (Å²) >= 11 is 5.96. The van der Waals surface area contributed by atoms with Crippen molar-refractivity contribution >= 4 is 28.3 Å². The molecule has 1 aliphatic heterocycles. The first-order valence-electron chi connectivity index (χ1n) is 11.2. The maximum Gasteiger partial charge on any atom is 0.254 e. The third kappa shape index (κ3) is 3.72. The molecule has 31 heavy (non-hydrogen) atoms. The molecule has 0 bridgehead atoms. The van der Waals surface area contributed by atoms with Crippen LogP contribution >= 0.6 is 11.6 Å². The highest BCUT2D eigenvalue weighted by Crippen LogP contribution is 2.36. The number of rotatable bonds is 3. The first-order chi connectivity index (χ1) is 15.0. The highest BCUT2D eigenvalue weighted by Gasteiger charge is 2.39. The Bertz CT molecular complexity index is 1130. The van der Waals surface area contributed by atoms with Gasteiger partial charge in [0, 0.05) is 17.8 Å². The Morgan fingerprint density at radius 2 is 1.90 bits per heavy atom. The van der Waals surface area contributed by atoms with E-state index in [0.29, 0.717) is 11.6 Å². The Labute approximate surface area is 187 Å². The van der Waals surface area contributed by atoms with E-state index in [2.05, 4.69) is 36.2 Å². The summed E-state index contributed by atoms with van der Waals surface area (Å²) in [6, 6.07) is 14.2. The number of fused-ring (bicyclic) bond motifs is 3. The summed E-state index contributed by atoms with van der Waals surface area (Å²) in [5.41, 5.74) is 4.09. The van der Waals surface area contributed by atoms with E-state index in [0.717, 1.165) is 59.7 Å². The Morgan fingerprint density at radius 3 is 2.65 bits per heavy atom. The molecule has 1 saturated carbocycles. The van der Waals surface area contributed by atoms with E-state index in [9.17, 15) is 9.90 Å². The Hall–Kier alpha value is -2.43. The number of amides is 1. The third-order valence-corrected chi connectivity index (χ3v) is 7.14. The van der Waals surface area contributed by atoms with Crippen molar-refractivity contribution in [3.63, 3.8) is 0 Å². The summed E-state index contributed by atoms with van der Waals surface area (Å²) < 4.78 is 0. The van der Waals surface area contributed by atoms with Gasteiger partial charge in [-0.05, 0) is 72.2 Å². The molecule has 160 valence electrons. The number of aromatic nitrogens is 1. The number of aliphatic hydroxyl groups excluding tert-OH is 1. The van der Waals surface area contributed by atoms with Gasteiger partial charge in [-0.2, -0.15) is 0 Å². The molecule has 1 N–H and O–H groups in total. The van der Waals surface area contributed by atoms with E-state index in [4.69, 9.17) is 11.6 Å². The van der Waals surface area contributed by atoms with E-state index in [1.807, 2.05) is 17.0 Å². The van der Waals surface area contributed by atoms with Crippen LogP contribution in [0.5, 0.6) is 0 Å². The van der Waals surface area contributed by atoms with Gasteiger partial charge in [0.2, 0.25) is 0 Å². The van der Waals surface area contributed by atoms with Crippen molar-refractivity contribution < 1.29 is 9.90 Å². The second-order valence-electron chi connectivity index (χ2n) is 8.96. The Kier molecular flexibility index (Phi) is 5.45. The van der Waals surface area contributed by atoms with Crippen LogP contribution in [0.1, 0.15) is 59.7 Å². The van der Waals surface area contributed by atoms with Crippen LogP contribution < -0.4 is 0 Å². The first kappa shape index (κ1) is 20.5. The summed E-state index contributed by atoms with van der Waals surface area (Å²) in [6.45, 7) is 2.12. The fourth-order valence-corrected chi connectivity index (χ4v) is 5.54. The van der Waals surface area contributed by atoms with E-state index < -0.39 is 6.10 Å². The zero-order valence-electron chi connectivity index (χ0n) is 17.7. The summed E-state index contributed by atoms with van der Waals surface area (Å²) in [5, 5.41) is 13.4. The number of benzene rings is 2. The van der Waals surface area contributed by atoms with Crippen LogP contribution in [-0.4, -0.2) is 39.1 Å². The molecule has 0 saturated heterocycles. The summed E-state index contributed by atoms with van der Waals surface area (Å²) in [4.78, 5) is 19.9. The predicted molar refractivity (Wildman–Crippen MR) is 124 cm³/mol. The largest absolute Gasteiger partial charge is 0.391 e. The molecular weight excluding hydrogens is 408 g/mol. The molecule has 0 spiro atoms. The van der Waals surface area contributed by atoms with Crippen molar-refractivity contribution in [2.75, 3.05) is 0 Å². The van der Waals surface area contributed by atoms with Crippen molar-refractivity contribution in [2.24, 2.45) is 0 Å². The SMILES string of the molecule is CC1Cc2c(cc(Cc3ccc(Cl)nc3)c3ccccc23)C(=O)N1[C@H]1CCCC[C@@H]1O. The molecule has 1 aliphatic carbocycles. The van der Waals surface area contributed by atoms with Crippen LogP contribution in [-0.2, 0) is 12.8 Å². The van der Waals surface area contributed by atoms with Crippen molar-refractivity contribution in [3.8, 4) is 0 Å². The maximum atomic E-state index is 13.7. The smallest absolute Gasteiger partial charge is 0.254 e. The van der Waals surface area contributed by atoms with Crippen LogP contribution in [0, 0.1) is 0 Å². The van der Waals surface area contributed by atoms with Crippen LogP contribution in [0.3, 0.4) is 0 Å². The summed E-state index contributed by atoms with van der Waals surface area (Å²) in [7, 11) is 0. The van der Waals surface area contributed by atoms with Crippen molar-refractivity contribution in [1.82, 2.24) is 9.88 Å². The molecule has 1 aromatic heterocycles. The second kappa shape index (κ2) is 8.25. The van der Waals surface area contributed by atoms with Crippen molar-refractivity contribution in [3.05, 3.63) is 76.1 Å². The summed E-state index contributed by atoms with van der Waals surface area (Å²) in [5.74, 6) is 0.0564. The molecule has 5 rings (SSSR count). The zero-order chi connectivity index (χ0) is 21.5. The van der Waals surface area contributed by atoms with Crippen molar-refractivity contribution in [2.45, 2.75) is 63.6 Å². The highest BCUT2D eigenvalue weighted by atomic mass is 35.5. The minimum atomic E-state index is -0.429. The van der Waals surface area contributed by atoms with Gasteiger partial charge in [-0.1, -0.05) is 54.8 Å². The van der Waals surface area contributed by atoms with Gasteiger partial charge >= 0.3 is 0 Å². The quantitative estimate of drug-likeness (QED) is 0.578.